The average Bonchev–Trinajstić information content (AvgIpc) is 2.27. The summed E-state index contributed by atoms with van der Waals surface area (Å²) < 4.78 is 0. The fourth-order valence-electron chi connectivity index (χ4n) is 4.78. The number of carbonyl (C=O) groups is 1. The number of rotatable bonds is 4. The van der Waals surface area contributed by atoms with Crippen molar-refractivity contribution in [2.75, 3.05) is 20.1 Å². The average molecular weight is 236 g/mol. The molecule has 0 spiro atoms. The van der Waals surface area contributed by atoms with Gasteiger partial charge in [0.15, 0.2) is 0 Å². The van der Waals surface area contributed by atoms with E-state index in [0.29, 0.717) is 23.7 Å². The SMILES string of the molecule is CNCCNC(=O)C1C2CC3CC(C2)CC1C3. The second kappa shape index (κ2) is 4.60. The second-order valence-corrected chi connectivity index (χ2v) is 6.35. The largest absolute Gasteiger partial charge is 0.355 e. The van der Waals surface area contributed by atoms with Gasteiger partial charge >= 0.3 is 0 Å². The molecule has 4 aliphatic carbocycles. The molecule has 0 aromatic rings. The van der Waals surface area contributed by atoms with Crippen molar-refractivity contribution in [2.45, 2.75) is 32.1 Å². The van der Waals surface area contributed by atoms with Gasteiger partial charge in [-0.25, -0.2) is 0 Å². The van der Waals surface area contributed by atoms with Crippen LogP contribution in [0.3, 0.4) is 0 Å². The Morgan fingerprint density at radius 3 is 2.12 bits per heavy atom. The summed E-state index contributed by atoms with van der Waals surface area (Å²) >= 11 is 0. The minimum absolute atomic E-state index is 0.342. The van der Waals surface area contributed by atoms with Crippen molar-refractivity contribution in [2.24, 2.45) is 29.6 Å². The van der Waals surface area contributed by atoms with Gasteiger partial charge < -0.3 is 10.6 Å². The maximum Gasteiger partial charge on any atom is 0.223 e. The summed E-state index contributed by atoms with van der Waals surface area (Å²) in [5.41, 5.74) is 0. The van der Waals surface area contributed by atoms with Crippen molar-refractivity contribution in [1.82, 2.24) is 10.6 Å². The van der Waals surface area contributed by atoms with Crippen LogP contribution in [0.25, 0.3) is 0 Å². The lowest BCUT2D eigenvalue weighted by molar-refractivity contribution is -0.138. The third-order valence-corrected chi connectivity index (χ3v) is 5.20. The molecule has 3 nitrogen and oxygen atoms in total. The Labute approximate surface area is 104 Å². The van der Waals surface area contributed by atoms with Crippen LogP contribution in [-0.2, 0) is 4.79 Å². The fraction of sp³-hybridized carbons (Fsp3) is 0.929. The molecule has 3 heteroatoms. The summed E-state index contributed by atoms with van der Waals surface area (Å²) in [6.45, 7) is 1.65. The Bertz CT molecular complexity index is 275. The smallest absolute Gasteiger partial charge is 0.223 e. The van der Waals surface area contributed by atoms with E-state index < -0.39 is 0 Å². The van der Waals surface area contributed by atoms with Crippen LogP contribution in [-0.4, -0.2) is 26.0 Å². The van der Waals surface area contributed by atoms with Gasteiger partial charge in [0.1, 0.15) is 0 Å². The molecular weight excluding hydrogens is 212 g/mol. The van der Waals surface area contributed by atoms with Crippen molar-refractivity contribution < 1.29 is 4.79 Å². The van der Waals surface area contributed by atoms with Crippen molar-refractivity contribution in [1.29, 1.82) is 0 Å². The molecule has 0 atom stereocenters. The summed E-state index contributed by atoms with van der Waals surface area (Å²) in [6.07, 6.45) is 6.78. The Morgan fingerprint density at radius 1 is 1.00 bits per heavy atom. The predicted octanol–water partition coefficient (Wildman–Crippen LogP) is 1.39. The molecule has 0 aromatic heterocycles. The van der Waals surface area contributed by atoms with Gasteiger partial charge in [0, 0.05) is 19.0 Å². The zero-order valence-electron chi connectivity index (χ0n) is 10.7. The summed E-state index contributed by atoms with van der Waals surface area (Å²) in [7, 11) is 1.93. The molecule has 4 fully saturated rings. The van der Waals surface area contributed by atoms with E-state index in [4.69, 9.17) is 0 Å². The fourth-order valence-corrected chi connectivity index (χ4v) is 4.78. The van der Waals surface area contributed by atoms with E-state index in [1.165, 1.54) is 32.1 Å². The maximum absolute atomic E-state index is 12.3. The molecular formula is C14H24N2O. The molecule has 4 rings (SSSR count). The van der Waals surface area contributed by atoms with Crippen molar-refractivity contribution in [3.8, 4) is 0 Å². The lowest BCUT2D eigenvalue weighted by Gasteiger charge is -2.53. The monoisotopic (exact) mass is 236 g/mol. The quantitative estimate of drug-likeness (QED) is 0.724. The van der Waals surface area contributed by atoms with E-state index >= 15 is 0 Å². The molecule has 0 aliphatic heterocycles. The minimum atomic E-state index is 0.342. The lowest BCUT2D eigenvalue weighted by atomic mass is 9.51. The van der Waals surface area contributed by atoms with Crippen LogP contribution in [0.15, 0.2) is 0 Å². The third-order valence-electron chi connectivity index (χ3n) is 5.20. The highest BCUT2D eigenvalue weighted by Gasteiger charge is 2.50. The lowest BCUT2D eigenvalue weighted by Crippen LogP contribution is -2.51. The van der Waals surface area contributed by atoms with Crippen LogP contribution in [0.2, 0.25) is 0 Å². The minimum Gasteiger partial charge on any atom is -0.355 e. The number of likely N-dealkylation sites (N-methyl/N-ethyl adjacent to an activating group) is 1. The molecule has 4 saturated carbocycles. The zero-order chi connectivity index (χ0) is 11.8. The van der Waals surface area contributed by atoms with Gasteiger partial charge in [0.25, 0.3) is 0 Å². The van der Waals surface area contributed by atoms with Crippen LogP contribution in [0.1, 0.15) is 32.1 Å². The summed E-state index contributed by atoms with van der Waals surface area (Å²) in [6, 6.07) is 0. The number of hydrogen-bond donors (Lipinski definition) is 2. The molecule has 17 heavy (non-hydrogen) atoms. The topological polar surface area (TPSA) is 41.1 Å². The number of hydrogen-bond acceptors (Lipinski definition) is 2. The Hall–Kier alpha value is -0.570. The standard InChI is InChI=1S/C14H24N2O/c1-15-2-3-16-14(17)13-11-5-9-4-10(7-11)8-12(13)6-9/h9-13,15H,2-8H2,1H3,(H,16,17). The first kappa shape index (κ1) is 11.5. The predicted molar refractivity (Wildman–Crippen MR) is 67.5 cm³/mol. The molecule has 4 bridgehead atoms. The third kappa shape index (κ3) is 2.10. The first-order valence-electron chi connectivity index (χ1n) is 7.20. The van der Waals surface area contributed by atoms with Gasteiger partial charge in [0.05, 0.1) is 0 Å². The van der Waals surface area contributed by atoms with Gasteiger partial charge in [-0.2, -0.15) is 0 Å². The normalized spacial score (nSPS) is 42.8. The van der Waals surface area contributed by atoms with E-state index in [-0.39, 0.29) is 0 Å². The van der Waals surface area contributed by atoms with Crippen LogP contribution in [0, 0.1) is 29.6 Å². The summed E-state index contributed by atoms with van der Waals surface area (Å²) in [4.78, 5) is 12.3. The second-order valence-electron chi connectivity index (χ2n) is 6.35. The van der Waals surface area contributed by atoms with E-state index in [1.807, 2.05) is 7.05 Å². The molecule has 4 aliphatic rings. The highest BCUT2D eigenvalue weighted by molar-refractivity contribution is 5.79. The van der Waals surface area contributed by atoms with Gasteiger partial charge in [-0.05, 0) is 62.8 Å². The van der Waals surface area contributed by atoms with Gasteiger partial charge in [0.2, 0.25) is 5.91 Å². The van der Waals surface area contributed by atoms with E-state index in [2.05, 4.69) is 10.6 Å². The number of carbonyl (C=O) groups excluding carboxylic acids is 1. The first-order chi connectivity index (χ1) is 8.28. The number of amides is 1. The van der Waals surface area contributed by atoms with Crippen LogP contribution in [0.4, 0.5) is 0 Å². The molecule has 0 saturated heterocycles. The molecule has 0 radical (unpaired) electrons. The Kier molecular flexibility index (Phi) is 3.12. The maximum atomic E-state index is 12.3. The first-order valence-corrected chi connectivity index (χ1v) is 7.20. The van der Waals surface area contributed by atoms with Gasteiger partial charge in [-0.3, -0.25) is 4.79 Å². The highest BCUT2D eigenvalue weighted by atomic mass is 16.1. The molecule has 96 valence electrons. The van der Waals surface area contributed by atoms with Crippen molar-refractivity contribution >= 4 is 5.91 Å². The van der Waals surface area contributed by atoms with Gasteiger partial charge in [-0.1, -0.05) is 0 Å². The van der Waals surface area contributed by atoms with Crippen LogP contribution < -0.4 is 10.6 Å². The molecule has 0 unspecified atom stereocenters. The van der Waals surface area contributed by atoms with E-state index in [9.17, 15) is 4.79 Å². The molecule has 0 aromatic carbocycles. The molecule has 1 amide bonds. The van der Waals surface area contributed by atoms with Crippen LogP contribution >= 0.6 is 0 Å². The van der Waals surface area contributed by atoms with Gasteiger partial charge in [-0.15, -0.1) is 0 Å². The van der Waals surface area contributed by atoms with E-state index in [1.54, 1.807) is 0 Å². The zero-order valence-corrected chi connectivity index (χ0v) is 10.7. The number of nitrogens with one attached hydrogen (secondary N) is 2. The summed E-state index contributed by atoms with van der Waals surface area (Å²) in [5, 5.41) is 6.19. The molecule has 2 N–H and O–H groups in total. The Morgan fingerprint density at radius 2 is 1.59 bits per heavy atom. The highest BCUT2D eigenvalue weighted by Crippen LogP contribution is 2.56. The summed E-state index contributed by atoms with van der Waals surface area (Å²) in [5.74, 6) is 4.02. The van der Waals surface area contributed by atoms with E-state index in [0.717, 1.165) is 24.9 Å². The van der Waals surface area contributed by atoms with Crippen molar-refractivity contribution in [3.63, 3.8) is 0 Å². The Balaban J connectivity index is 1.61. The molecule has 0 heterocycles. The van der Waals surface area contributed by atoms with Crippen molar-refractivity contribution in [3.05, 3.63) is 0 Å². The van der Waals surface area contributed by atoms with Crippen LogP contribution in [0.5, 0.6) is 0 Å².